The number of carbonyl (C=O) groups excluding carboxylic acids is 1. The Morgan fingerprint density at radius 1 is 1.22 bits per heavy atom. The maximum atomic E-state index is 13.4. The standard InChI is InChI=1S/C20H22FN5O/c1-13-4-7-15(8-5-13)26-12-25(11-18(26)24(2)3)20(27)19-16-9-6-14(21)10-17(16)22-23-19/h4-10,18H,11-12H2,1-3H3,(H,22,23). The number of benzene rings is 2. The molecule has 0 saturated carbocycles. The molecule has 0 spiro atoms. The van der Waals surface area contributed by atoms with Crippen LogP contribution in [-0.4, -0.2) is 59.4 Å². The largest absolute Gasteiger partial charge is 0.336 e. The van der Waals surface area contributed by atoms with Gasteiger partial charge in [-0.2, -0.15) is 5.10 Å². The van der Waals surface area contributed by atoms with Gasteiger partial charge in [-0.1, -0.05) is 17.7 Å². The molecule has 7 heteroatoms. The monoisotopic (exact) mass is 367 g/mol. The number of rotatable bonds is 3. The molecule has 1 fully saturated rings. The van der Waals surface area contributed by atoms with E-state index in [1.165, 1.54) is 17.7 Å². The summed E-state index contributed by atoms with van der Waals surface area (Å²) in [5.74, 6) is -0.515. The number of hydrogen-bond acceptors (Lipinski definition) is 4. The molecule has 0 bridgehead atoms. The summed E-state index contributed by atoms with van der Waals surface area (Å²) < 4.78 is 13.4. The van der Waals surface area contributed by atoms with Crippen LogP contribution >= 0.6 is 0 Å². The van der Waals surface area contributed by atoms with Crippen molar-refractivity contribution in [2.75, 3.05) is 32.2 Å². The van der Waals surface area contributed by atoms with Gasteiger partial charge in [0, 0.05) is 11.1 Å². The molecule has 1 aromatic heterocycles. The second-order valence-electron chi connectivity index (χ2n) is 7.18. The van der Waals surface area contributed by atoms with E-state index in [0.717, 1.165) is 5.69 Å². The lowest BCUT2D eigenvalue weighted by atomic mass is 10.2. The number of anilines is 1. The van der Waals surface area contributed by atoms with Gasteiger partial charge in [0.2, 0.25) is 0 Å². The van der Waals surface area contributed by atoms with Crippen molar-refractivity contribution in [3.05, 3.63) is 59.5 Å². The fourth-order valence-corrected chi connectivity index (χ4v) is 3.52. The number of nitrogens with zero attached hydrogens (tertiary/aromatic N) is 4. The van der Waals surface area contributed by atoms with Gasteiger partial charge in [0.1, 0.15) is 12.0 Å². The topological polar surface area (TPSA) is 55.5 Å². The molecule has 1 amide bonds. The molecule has 1 aliphatic rings. The van der Waals surface area contributed by atoms with Crippen molar-refractivity contribution in [3.8, 4) is 0 Å². The van der Waals surface area contributed by atoms with Crippen LogP contribution in [0.4, 0.5) is 10.1 Å². The molecule has 4 rings (SSSR count). The molecule has 1 atom stereocenters. The third-order valence-electron chi connectivity index (χ3n) is 5.04. The first-order chi connectivity index (χ1) is 12.9. The highest BCUT2D eigenvalue weighted by Gasteiger charge is 2.36. The number of nitrogens with one attached hydrogen (secondary N) is 1. The number of aromatic nitrogens is 2. The Morgan fingerprint density at radius 2 is 1.96 bits per heavy atom. The first-order valence-corrected chi connectivity index (χ1v) is 8.86. The number of hydrogen-bond donors (Lipinski definition) is 1. The second kappa shape index (κ2) is 6.66. The van der Waals surface area contributed by atoms with E-state index in [-0.39, 0.29) is 17.9 Å². The van der Waals surface area contributed by atoms with Gasteiger partial charge in [-0.25, -0.2) is 4.39 Å². The first-order valence-electron chi connectivity index (χ1n) is 8.86. The minimum atomic E-state index is -0.357. The van der Waals surface area contributed by atoms with Crippen LogP contribution in [0.25, 0.3) is 10.9 Å². The average molecular weight is 367 g/mol. The van der Waals surface area contributed by atoms with Gasteiger partial charge in [-0.05, 0) is 51.4 Å². The molecular weight excluding hydrogens is 345 g/mol. The summed E-state index contributed by atoms with van der Waals surface area (Å²) in [4.78, 5) is 19.2. The number of halogens is 1. The van der Waals surface area contributed by atoms with Crippen molar-refractivity contribution in [2.24, 2.45) is 0 Å². The predicted molar refractivity (Wildman–Crippen MR) is 103 cm³/mol. The molecule has 1 saturated heterocycles. The summed E-state index contributed by atoms with van der Waals surface area (Å²) in [6.45, 7) is 3.09. The lowest BCUT2D eigenvalue weighted by molar-refractivity contribution is 0.0779. The fraction of sp³-hybridized carbons (Fsp3) is 0.300. The number of carbonyl (C=O) groups is 1. The Labute approximate surface area is 157 Å². The van der Waals surface area contributed by atoms with Crippen LogP contribution in [0.3, 0.4) is 0 Å². The third kappa shape index (κ3) is 3.14. The molecule has 0 aliphatic carbocycles. The summed E-state index contributed by atoms with van der Waals surface area (Å²) in [5.41, 5.74) is 3.12. The van der Waals surface area contributed by atoms with Crippen LogP contribution in [0.15, 0.2) is 42.5 Å². The van der Waals surface area contributed by atoms with Crippen LogP contribution in [0.2, 0.25) is 0 Å². The number of aromatic amines is 1. The van der Waals surface area contributed by atoms with E-state index in [1.54, 1.807) is 11.0 Å². The Hall–Kier alpha value is -2.93. The van der Waals surface area contributed by atoms with E-state index >= 15 is 0 Å². The van der Waals surface area contributed by atoms with E-state index in [1.807, 2.05) is 14.1 Å². The quantitative estimate of drug-likeness (QED) is 0.773. The number of fused-ring (bicyclic) bond motifs is 1. The maximum Gasteiger partial charge on any atom is 0.276 e. The molecule has 2 heterocycles. The van der Waals surface area contributed by atoms with Crippen molar-refractivity contribution in [3.63, 3.8) is 0 Å². The van der Waals surface area contributed by atoms with E-state index in [4.69, 9.17) is 0 Å². The Kier molecular flexibility index (Phi) is 4.31. The van der Waals surface area contributed by atoms with Crippen LogP contribution in [0.1, 0.15) is 16.1 Å². The molecule has 27 heavy (non-hydrogen) atoms. The van der Waals surface area contributed by atoms with Crippen molar-refractivity contribution < 1.29 is 9.18 Å². The summed E-state index contributed by atoms with van der Waals surface area (Å²) in [5, 5.41) is 7.54. The minimum Gasteiger partial charge on any atom is -0.336 e. The number of H-pyrrole nitrogens is 1. The first kappa shape index (κ1) is 17.5. The molecule has 6 nitrogen and oxygen atoms in total. The van der Waals surface area contributed by atoms with E-state index in [9.17, 15) is 9.18 Å². The molecule has 2 aromatic carbocycles. The van der Waals surface area contributed by atoms with Crippen molar-refractivity contribution in [1.82, 2.24) is 20.0 Å². The summed E-state index contributed by atoms with van der Waals surface area (Å²) in [6.07, 6.45) is 0.0688. The summed E-state index contributed by atoms with van der Waals surface area (Å²) in [6, 6.07) is 12.6. The van der Waals surface area contributed by atoms with Crippen LogP contribution in [0, 0.1) is 12.7 Å². The van der Waals surface area contributed by atoms with Gasteiger partial charge in [0.05, 0.1) is 18.7 Å². The van der Waals surface area contributed by atoms with Crippen LogP contribution in [0.5, 0.6) is 0 Å². The van der Waals surface area contributed by atoms with Crippen molar-refractivity contribution in [1.29, 1.82) is 0 Å². The van der Waals surface area contributed by atoms with Crippen molar-refractivity contribution in [2.45, 2.75) is 13.1 Å². The van der Waals surface area contributed by atoms with Gasteiger partial charge in [0.25, 0.3) is 5.91 Å². The van der Waals surface area contributed by atoms with Gasteiger partial charge < -0.3 is 9.80 Å². The highest BCUT2D eigenvalue weighted by Crippen LogP contribution is 2.27. The lowest BCUT2D eigenvalue weighted by Gasteiger charge is -2.30. The van der Waals surface area contributed by atoms with Crippen molar-refractivity contribution >= 4 is 22.5 Å². The Bertz CT molecular complexity index is 982. The highest BCUT2D eigenvalue weighted by molar-refractivity contribution is 6.04. The normalized spacial score (nSPS) is 17.3. The zero-order valence-corrected chi connectivity index (χ0v) is 15.6. The predicted octanol–water partition coefficient (Wildman–Crippen LogP) is 2.82. The molecule has 1 unspecified atom stereocenters. The summed E-state index contributed by atoms with van der Waals surface area (Å²) >= 11 is 0. The highest BCUT2D eigenvalue weighted by atomic mass is 19.1. The lowest BCUT2D eigenvalue weighted by Crippen LogP contribution is -2.42. The maximum absolute atomic E-state index is 13.4. The van der Waals surface area contributed by atoms with Crippen LogP contribution < -0.4 is 4.90 Å². The number of aryl methyl sites for hydroxylation is 1. The van der Waals surface area contributed by atoms with Gasteiger partial charge >= 0.3 is 0 Å². The minimum absolute atomic E-state index is 0.0688. The number of amides is 1. The second-order valence-corrected chi connectivity index (χ2v) is 7.18. The Morgan fingerprint density at radius 3 is 2.67 bits per heavy atom. The number of likely N-dealkylation sites (N-methyl/N-ethyl adjacent to an activating group) is 1. The average Bonchev–Trinajstić information content (AvgIpc) is 3.26. The molecular formula is C20H22FN5O. The van der Waals surface area contributed by atoms with Gasteiger partial charge in [0.15, 0.2) is 5.69 Å². The van der Waals surface area contributed by atoms with Gasteiger partial charge in [-0.3, -0.25) is 14.8 Å². The van der Waals surface area contributed by atoms with E-state index in [2.05, 4.69) is 51.2 Å². The molecule has 3 aromatic rings. The van der Waals surface area contributed by atoms with Crippen LogP contribution in [-0.2, 0) is 0 Å². The zero-order valence-electron chi connectivity index (χ0n) is 15.6. The smallest absolute Gasteiger partial charge is 0.276 e. The van der Waals surface area contributed by atoms with E-state index < -0.39 is 0 Å². The van der Waals surface area contributed by atoms with E-state index in [0.29, 0.717) is 29.8 Å². The SMILES string of the molecule is Cc1ccc(N2CN(C(=O)c3n[nH]c4cc(F)ccc34)CC2N(C)C)cc1. The molecule has 0 radical (unpaired) electrons. The summed E-state index contributed by atoms with van der Waals surface area (Å²) in [7, 11) is 4.01. The molecule has 1 N–H and O–H groups in total. The molecule has 140 valence electrons. The zero-order chi connectivity index (χ0) is 19.1. The molecule has 1 aliphatic heterocycles. The third-order valence-corrected chi connectivity index (χ3v) is 5.04. The fourth-order valence-electron chi connectivity index (χ4n) is 3.52. The Balaban J connectivity index is 1.63. The van der Waals surface area contributed by atoms with Gasteiger partial charge in [-0.15, -0.1) is 0 Å².